The minimum atomic E-state index is -0.559. The van der Waals surface area contributed by atoms with Gasteiger partial charge in [-0.3, -0.25) is 19.7 Å². The first kappa shape index (κ1) is 23.7. The van der Waals surface area contributed by atoms with Gasteiger partial charge in [0, 0.05) is 31.3 Å². The lowest BCUT2D eigenvalue weighted by molar-refractivity contribution is -0.384. The van der Waals surface area contributed by atoms with E-state index in [1.165, 1.54) is 25.1 Å². The fraction of sp³-hybridized carbons (Fsp3) is 0.300. The molecule has 0 atom stereocenters. The van der Waals surface area contributed by atoms with Crippen LogP contribution in [0.25, 0.3) is 0 Å². The molecule has 31 heavy (non-hydrogen) atoms. The third-order valence-electron chi connectivity index (χ3n) is 4.07. The number of halogens is 1. The summed E-state index contributed by atoms with van der Waals surface area (Å²) in [6.45, 7) is 5.87. The Labute approximate surface area is 184 Å². The zero-order chi connectivity index (χ0) is 23.0. The highest BCUT2D eigenvalue weighted by molar-refractivity contribution is 6.33. The van der Waals surface area contributed by atoms with Crippen LogP contribution in [-0.4, -0.2) is 36.5 Å². The molecule has 0 spiro atoms. The number of azo groups is 1. The van der Waals surface area contributed by atoms with Crippen molar-refractivity contribution >= 4 is 51.9 Å². The minimum Gasteiger partial charge on any atom is -0.465 e. The summed E-state index contributed by atoms with van der Waals surface area (Å²) in [7, 11) is 0. The van der Waals surface area contributed by atoms with E-state index in [-0.39, 0.29) is 41.4 Å². The summed E-state index contributed by atoms with van der Waals surface area (Å²) in [6.07, 6.45) is 0. The molecule has 164 valence electrons. The normalized spacial score (nSPS) is 10.7. The molecule has 2 aromatic rings. The largest absolute Gasteiger partial charge is 0.465 e. The Morgan fingerprint density at radius 2 is 1.84 bits per heavy atom. The van der Waals surface area contributed by atoms with E-state index in [0.717, 1.165) is 0 Å². The maximum Gasteiger partial charge on any atom is 0.325 e. The van der Waals surface area contributed by atoms with Crippen LogP contribution in [0.15, 0.2) is 46.6 Å². The number of carbonyl (C=O) groups excluding carboxylic acids is 2. The Bertz CT molecular complexity index is 1010. The van der Waals surface area contributed by atoms with E-state index in [2.05, 4.69) is 15.5 Å². The molecule has 0 aliphatic heterocycles. The van der Waals surface area contributed by atoms with Gasteiger partial charge in [-0.1, -0.05) is 11.6 Å². The number of esters is 1. The number of benzene rings is 2. The van der Waals surface area contributed by atoms with E-state index >= 15 is 0 Å². The molecule has 0 saturated carbocycles. The lowest BCUT2D eigenvalue weighted by atomic mass is 10.2. The molecule has 0 aliphatic carbocycles. The van der Waals surface area contributed by atoms with Gasteiger partial charge in [-0.2, -0.15) is 0 Å². The van der Waals surface area contributed by atoms with Crippen molar-refractivity contribution in [3.63, 3.8) is 0 Å². The smallest absolute Gasteiger partial charge is 0.325 e. The highest BCUT2D eigenvalue weighted by Crippen LogP contribution is 2.34. The Hall–Kier alpha value is -3.53. The van der Waals surface area contributed by atoms with Crippen molar-refractivity contribution in [3.05, 3.63) is 51.5 Å². The van der Waals surface area contributed by atoms with Crippen molar-refractivity contribution in [2.75, 3.05) is 29.9 Å². The summed E-state index contributed by atoms with van der Waals surface area (Å²) < 4.78 is 5.00. The van der Waals surface area contributed by atoms with Gasteiger partial charge in [-0.25, -0.2) is 0 Å². The lowest BCUT2D eigenvalue weighted by Gasteiger charge is -2.23. The van der Waals surface area contributed by atoms with E-state index in [4.69, 9.17) is 16.3 Å². The van der Waals surface area contributed by atoms with Gasteiger partial charge < -0.3 is 15.0 Å². The van der Waals surface area contributed by atoms with Gasteiger partial charge in [-0.15, -0.1) is 10.2 Å². The van der Waals surface area contributed by atoms with Gasteiger partial charge in [0.05, 0.1) is 22.2 Å². The number of likely N-dealkylation sites (N-methyl/N-ethyl adjacent to an activating group) is 1. The molecule has 1 amide bonds. The third-order valence-corrected chi connectivity index (χ3v) is 4.37. The molecule has 0 aromatic heterocycles. The summed E-state index contributed by atoms with van der Waals surface area (Å²) >= 11 is 6.05. The van der Waals surface area contributed by atoms with Crippen molar-refractivity contribution in [2.45, 2.75) is 20.8 Å². The Balaban J connectivity index is 2.35. The number of nitrogens with one attached hydrogen (secondary N) is 1. The van der Waals surface area contributed by atoms with Crippen LogP contribution in [-0.2, 0) is 14.3 Å². The van der Waals surface area contributed by atoms with Crippen molar-refractivity contribution < 1.29 is 19.2 Å². The first-order valence-electron chi connectivity index (χ1n) is 9.43. The van der Waals surface area contributed by atoms with Gasteiger partial charge in [0.2, 0.25) is 5.91 Å². The van der Waals surface area contributed by atoms with Crippen LogP contribution in [0.5, 0.6) is 0 Å². The second-order valence-corrected chi connectivity index (χ2v) is 6.70. The standard InChI is InChI=1S/C20H22ClN5O5/c1-4-25(12-20(28)31-5-2)14-6-9-18(19(11-14)22-13(3)27)24-23-17-8-7-15(26(29)30)10-16(17)21/h6-11H,4-5,12H2,1-3H3,(H,22,27). The van der Waals surface area contributed by atoms with E-state index in [0.29, 0.717) is 23.6 Å². The second-order valence-electron chi connectivity index (χ2n) is 6.29. The molecule has 11 heteroatoms. The highest BCUT2D eigenvalue weighted by Gasteiger charge is 2.14. The van der Waals surface area contributed by atoms with E-state index in [1.807, 2.05) is 6.92 Å². The van der Waals surface area contributed by atoms with E-state index in [1.54, 1.807) is 30.0 Å². The van der Waals surface area contributed by atoms with Crippen molar-refractivity contribution in [1.82, 2.24) is 0 Å². The van der Waals surface area contributed by atoms with Crippen molar-refractivity contribution in [2.24, 2.45) is 10.2 Å². The molecule has 0 aliphatic rings. The second kappa shape index (κ2) is 11.0. The van der Waals surface area contributed by atoms with E-state index < -0.39 is 4.92 Å². The first-order valence-corrected chi connectivity index (χ1v) is 9.80. The maximum atomic E-state index is 11.9. The number of hydrogen-bond acceptors (Lipinski definition) is 8. The minimum absolute atomic E-state index is 0.0586. The van der Waals surface area contributed by atoms with Crippen LogP contribution in [0.4, 0.5) is 28.4 Å². The summed E-state index contributed by atoms with van der Waals surface area (Å²) in [6, 6.07) is 8.89. The van der Waals surface area contributed by atoms with Crippen LogP contribution in [0.2, 0.25) is 5.02 Å². The number of amides is 1. The van der Waals surface area contributed by atoms with Crippen molar-refractivity contribution in [3.8, 4) is 0 Å². The Kier molecular flexibility index (Phi) is 8.44. The predicted molar refractivity (Wildman–Crippen MR) is 118 cm³/mol. The number of nitro benzene ring substituents is 1. The molecule has 0 saturated heterocycles. The number of nitro groups is 1. The van der Waals surface area contributed by atoms with Crippen LogP contribution >= 0.6 is 11.6 Å². The number of ether oxygens (including phenoxy) is 1. The third kappa shape index (κ3) is 6.75. The zero-order valence-corrected chi connectivity index (χ0v) is 18.0. The summed E-state index contributed by atoms with van der Waals surface area (Å²) in [4.78, 5) is 35.6. The zero-order valence-electron chi connectivity index (χ0n) is 17.3. The monoisotopic (exact) mass is 447 g/mol. The number of non-ortho nitro benzene ring substituents is 1. The number of rotatable bonds is 9. The fourth-order valence-electron chi connectivity index (χ4n) is 2.64. The highest BCUT2D eigenvalue weighted by atomic mass is 35.5. The molecular formula is C20H22ClN5O5. The predicted octanol–water partition coefficient (Wildman–Crippen LogP) is 5.01. The number of carbonyl (C=O) groups is 2. The molecule has 0 bridgehead atoms. The fourth-order valence-corrected chi connectivity index (χ4v) is 2.86. The first-order chi connectivity index (χ1) is 14.7. The SMILES string of the molecule is CCOC(=O)CN(CC)c1ccc(N=Nc2ccc([N+](=O)[O-])cc2Cl)c(NC(C)=O)c1. The van der Waals surface area contributed by atoms with Gasteiger partial charge in [0.25, 0.3) is 5.69 Å². The van der Waals surface area contributed by atoms with Gasteiger partial charge in [0.15, 0.2) is 0 Å². The summed E-state index contributed by atoms with van der Waals surface area (Å²) in [5.41, 5.74) is 1.50. The molecule has 10 nitrogen and oxygen atoms in total. The average molecular weight is 448 g/mol. The number of nitrogens with zero attached hydrogens (tertiary/aromatic N) is 4. The summed E-state index contributed by atoms with van der Waals surface area (Å²) in [5.74, 6) is -0.669. The van der Waals surface area contributed by atoms with Gasteiger partial charge in [0.1, 0.15) is 17.9 Å². The van der Waals surface area contributed by atoms with Crippen LogP contribution in [0.3, 0.4) is 0 Å². The van der Waals surface area contributed by atoms with Crippen LogP contribution in [0.1, 0.15) is 20.8 Å². The van der Waals surface area contributed by atoms with Crippen LogP contribution < -0.4 is 10.2 Å². The molecule has 0 radical (unpaired) electrons. The summed E-state index contributed by atoms with van der Waals surface area (Å²) in [5, 5.41) is 21.8. The lowest BCUT2D eigenvalue weighted by Crippen LogP contribution is -2.30. The molecule has 0 unspecified atom stereocenters. The Morgan fingerprint density at radius 3 is 2.42 bits per heavy atom. The molecule has 0 fully saturated rings. The van der Waals surface area contributed by atoms with Gasteiger partial charge >= 0.3 is 5.97 Å². The van der Waals surface area contributed by atoms with Crippen molar-refractivity contribution in [1.29, 1.82) is 0 Å². The topological polar surface area (TPSA) is 126 Å². The quantitative estimate of drug-likeness (QED) is 0.249. The van der Waals surface area contributed by atoms with Crippen LogP contribution in [0, 0.1) is 10.1 Å². The maximum absolute atomic E-state index is 11.9. The molecular weight excluding hydrogens is 426 g/mol. The number of hydrogen-bond donors (Lipinski definition) is 1. The molecule has 2 aromatic carbocycles. The van der Waals surface area contributed by atoms with Gasteiger partial charge in [-0.05, 0) is 38.1 Å². The van der Waals surface area contributed by atoms with E-state index in [9.17, 15) is 19.7 Å². The number of anilines is 2. The Morgan fingerprint density at radius 1 is 1.16 bits per heavy atom. The molecule has 1 N–H and O–H groups in total. The molecule has 0 heterocycles. The average Bonchev–Trinajstić information content (AvgIpc) is 2.71. The molecule has 2 rings (SSSR count).